The molecule has 0 spiro atoms. The fourth-order valence-electron chi connectivity index (χ4n) is 1.93. The highest BCUT2D eigenvalue weighted by molar-refractivity contribution is 5.33. The Morgan fingerprint density at radius 2 is 2.06 bits per heavy atom. The van der Waals surface area contributed by atoms with E-state index in [1.165, 1.54) is 19.4 Å². The third kappa shape index (κ3) is 5.68. The molecule has 96 valence electrons. The fourth-order valence-corrected chi connectivity index (χ4v) is 1.93. The smallest absolute Gasteiger partial charge is 0.126 e. The van der Waals surface area contributed by atoms with Crippen LogP contribution in [0, 0.1) is 0 Å². The van der Waals surface area contributed by atoms with Gasteiger partial charge in [-0.3, -0.25) is 0 Å². The van der Waals surface area contributed by atoms with Gasteiger partial charge in [0.1, 0.15) is 5.82 Å². The van der Waals surface area contributed by atoms with Crippen LogP contribution in [0.1, 0.15) is 33.6 Å². The van der Waals surface area contributed by atoms with Crippen LogP contribution in [0.4, 0.5) is 5.82 Å². The number of pyridine rings is 1. The maximum absolute atomic E-state index is 4.27. The van der Waals surface area contributed by atoms with Gasteiger partial charge in [0.2, 0.25) is 0 Å². The molecule has 3 nitrogen and oxygen atoms in total. The minimum absolute atomic E-state index is 0.487. The Balaban J connectivity index is 2.19. The van der Waals surface area contributed by atoms with Crippen LogP contribution >= 0.6 is 0 Å². The lowest BCUT2D eigenvalue weighted by molar-refractivity contribution is 0.295. The molecule has 0 radical (unpaired) electrons. The molecule has 3 heteroatoms. The molecule has 0 aliphatic heterocycles. The predicted molar refractivity (Wildman–Crippen MR) is 74.3 cm³/mol. The van der Waals surface area contributed by atoms with E-state index < -0.39 is 0 Å². The van der Waals surface area contributed by atoms with Gasteiger partial charge in [0.15, 0.2) is 0 Å². The molecule has 0 bridgehead atoms. The number of nitrogens with one attached hydrogen (secondary N) is 1. The first-order chi connectivity index (χ1) is 8.26. The van der Waals surface area contributed by atoms with Crippen molar-refractivity contribution in [3.05, 3.63) is 24.4 Å². The first kappa shape index (κ1) is 14.0. The molecule has 1 aromatic heterocycles. The Kier molecular flexibility index (Phi) is 6.63. The summed E-state index contributed by atoms with van der Waals surface area (Å²) >= 11 is 0. The Morgan fingerprint density at radius 3 is 2.65 bits per heavy atom. The van der Waals surface area contributed by atoms with E-state index in [9.17, 15) is 0 Å². The molecule has 0 amide bonds. The van der Waals surface area contributed by atoms with Crippen molar-refractivity contribution in [1.82, 2.24) is 9.88 Å². The van der Waals surface area contributed by atoms with Gasteiger partial charge in [0.05, 0.1) is 0 Å². The van der Waals surface area contributed by atoms with E-state index in [0.717, 1.165) is 18.9 Å². The highest BCUT2D eigenvalue weighted by Gasteiger charge is 2.04. The number of anilines is 1. The van der Waals surface area contributed by atoms with Crippen molar-refractivity contribution in [3.8, 4) is 0 Å². The number of rotatable bonds is 8. The third-order valence-corrected chi connectivity index (χ3v) is 3.07. The molecule has 0 aliphatic carbocycles. The molecule has 0 aromatic carbocycles. The normalized spacial score (nSPS) is 12.7. The fraction of sp³-hybridized carbons (Fsp3) is 0.643. The van der Waals surface area contributed by atoms with E-state index in [1.807, 2.05) is 24.4 Å². The van der Waals surface area contributed by atoms with Crippen LogP contribution in [0.15, 0.2) is 24.4 Å². The van der Waals surface area contributed by atoms with Gasteiger partial charge in [0, 0.05) is 12.2 Å². The van der Waals surface area contributed by atoms with Gasteiger partial charge in [-0.25, -0.2) is 4.98 Å². The zero-order chi connectivity index (χ0) is 12.5. The molecule has 1 heterocycles. The van der Waals surface area contributed by atoms with E-state index in [-0.39, 0.29) is 0 Å². The highest BCUT2D eigenvalue weighted by atomic mass is 15.1. The van der Waals surface area contributed by atoms with Crippen LogP contribution in [0.3, 0.4) is 0 Å². The van der Waals surface area contributed by atoms with Crippen molar-refractivity contribution in [2.24, 2.45) is 0 Å². The molecule has 1 N–H and O–H groups in total. The molecule has 1 aromatic rings. The summed E-state index contributed by atoms with van der Waals surface area (Å²) in [6.07, 6.45) is 4.25. The highest BCUT2D eigenvalue weighted by Crippen LogP contribution is 2.07. The standard InChI is InChI=1S/C14H25N3/c1-4-17(5-2)12-8-9-13(3)16-14-10-6-7-11-15-14/h6-7,10-11,13H,4-5,8-9,12H2,1-3H3,(H,15,16). The summed E-state index contributed by atoms with van der Waals surface area (Å²) in [4.78, 5) is 6.74. The summed E-state index contributed by atoms with van der Waals surface area (Å²) in [7, 11) is 0. The molecule has 0 fully saturated rings. The Labute approximate surface area is 105 Å². The van der Waals surface area contributed by atoms with Crippen LogP contribution in [0.25, 0.3) is 0 Å². The average molecular weight is 235 g/mol. The Bertz CT molecular complexity index is 283. The third-order valence-electron chi connectivity index (χ3n) is 3.07. The lowest BCUT2D eigenvalue weighted by Crippen LogP contribution is -2.25. The van der Waals surface area contributed by atoms with Crippen LogP contribution in [0.2, 0.25) is 0 Å². The zero-order valence-corrected chi connectivity index (χ0v) is 11.3. The van der Waals surface area contributed by atoms with E-state index in [1.54, 1.807) is 0 Å². The number of aromatic nitrogens is 1. The number of nitrogens with zero attached hydrogens (tertiary/aromatic N) is 2. The summed E-state index contributed by atoms with van der Waals surface area (Å²) in [6, 6.07) is 6.45. The molecule has 0 aliphatic rings. The van der Waals surface area contributed by atoms with Crippen molar-refractivity contribution in [3.63, 3.8) is 0 Å². The summed E-state index contributed by atoms with van der Waals surface area (Å²) in [6.45, 7) is 10.2. The summed E-state index contributed by atoms with van der Waals surface area (Å²) in [5.74, 6) is 0.975. The SMILES string of the molecule is CCN(CC)CCCC(C)Nc1ccccn1. The first-order valence-electron chi connectivity index (χ1n) is 6.66. The monoisotopic (exact) mass is 235 g/mol. The molecule has 17 heavy (non-hydrogen) atoms. The second kappa shape index (κ2) is 8.07. The second-order valence-corrected chi connectivity index (χ2v) is 4.43. The summed E-state index contributed by atoms with van der Waals surface area (Å²) < 4.78 is 0. The average Bonchev–Trinajstić information content (AvgIpc) is 2.36. The minimum atomic E-state index is 0.487. The molecule has 1 rings (SSSR count). The van der Waals surface area contributed by atoms with Gasteiger partial charge in [0.25, 0.3) is 0 Å². The molecule has 1 atom stereocenters. The van der Waals surface area contributed by atoms with Gasteiger partial charge in [-0.2, -0.15) is 0 Å². The first-order valence-corrected chi connectivity index (χ1v) is 6.66. The van der Waals surface area contributed by atoms with E-state index in [4.69, 9.17) is 0 Å². The van der Waals surface area contributed by atoms with E-state index in [2.05, 4.69) is 36.0 Å². The second-order valence-electron chi connectivity index (χ2n) is 4.43. The van der Waals surface area contributed by atoms with Crippen molar-refractivity contribution < 1.29 is 0 Å². The maximum atomic E-state index is 4.27. The van der Waals surface area contributed by atoms with Gasteiger partial charge < -0.3 is 10.2 Å². The van der Waals surface area contributed by atoms with Crippen molar-refractivity contribution >= 4 is 5.82 Å². The lowest BCUT2D eigenvalue weighted by atomic mass is 10.1. The van der Waals surface area contributed by atoms with Crippen LogP contribution in [-0.2, 0) is 0 Å². The minimum Gasteiger partial charge on any atom is -0.368 e. The van der Waals surface area contributed by atoms with Crippen molar-refractivity contribution in [2.75, 3.05) is 25.0 Å². The molecule has 0 saturated carbocycles. The molecule has 1 unspecified atom stereocenters. The summed E-state index contributed by atoms with van der Waals surface area (Å²) in [5.41, 5.74) is 0. The zero-order valence-electron chi connectivity index (χ0n) is 11.3. The Hall–Kier alpha value is -1.09. The van der Waals surface area contributed by atoms with Crippen molar-refractivity contribution in [1.29, 1.82) is 0 Å². The van der Waals surface area contributed by atoms with Gasteiger partial charge in [-0.05, 0) is 51.5 Å². The maximum Gasteiger partial charge on any atom is 0.126 e. The molecule has 0 saturated heterocycles. The van der Waals surface area contributed by atoms with Gasteiger partial charge in [-0.15, -0.1) is 0 Å². The Morgan fingerprint density at radius 1 is 1.29 bits per heavy atom. The summed E-state index contributed by atoms with van der Waals surface area (Å²) in [5, 5.41) is 3.42. The number of hydrogen-bond acceptors (Lipinski definition) is 3. The number of hydrogen-bond donors (Lipinski definition) is 1. The van der Waals surface area contributed by atoms with Gasteiger partial charge in [-0.1, -0.05) is 19.9 Å². The largest absolute Gasteiger partial charge is 0.368 e. The predicted octanol–water partition coefficient (Wildman–Crippen LogP) is 3.00. The van der Waals surface area contributed by atoms with E-state index >= 15 is 0 Å². The van der Waals surface area contributed by atoms with Crippen LogP contribution in [0.5, 0.6) is 0 Å². The lowest BCUT2D eigenvalue weighted by Gasteiger charge is -2.20. The molecular formula is C14H25N3. The molecular weight excluding hydrogens is 210 g/mol. The van der Waals surface area contributed by atoms with Crippen molar-refractivity contribution in [2.45, 2.75) is 39.7 Å². The van der Waals surface area contributed by atoms with Crippen LogP contribution in [-0.4, -0.2) is 35.6 Å². The van der Waals surface area contributed by atoms with Crippen LogP contribution < -0.4 is 5.32 Å². The van der Waals surface area contributed by atoms with E-state index in [0.29, 0.717) is 6.04 Å². The topological polar surface area (TPSA) is 28.2 Å². The van der Waals surface area contributed by atoms with Gasteiger partial charge >= 0.3 is 0 Å². The quantitative estimate of drug-likeness (QED) is 0.751.